The van der Waals surface area contributed by atoms with Crippen molar-refractivity contribution in [3.63, 3.8) is 0 Å². The number of aromatic nitrogens is 5. The van der Waals surface area contributed by atoms with Crippen LogP contribution in [-0.4, -0.2) is 24.1 Å². The lowest BCUT2D eigenvalue weighted by Crippen LogP contribution is -2.06. The summed E-state index contributed by atoms with van der Waals surface area (Å²) in [4.78, 5) is 15.2. The molecule has 0 radical (unpaired) electrons. The van der Waals surface area contributed by atoms with Crippen molar-refractivity contribution in [1.29, 1.82) is 0 Å². The van der Waals surface area contributed by atoms with Gasteiger partial charge >= 0.3 is 0 Å². The number of hydrogen-bond donors (Lipinski definition) is 0. The van der Waals surface area contributed by atoms with Crippen molar-refractivity contribution in [1.82, 2.24) is 24.1 Å². The maximum absolute atomic E-state index is 5.11. The Morgan fingerprint density at radius 2 is 0.697 bits per heavy atom. The van der Waals surface area contributed by atoms with Gasteiger partial charge in [-0.25, -0.2) is 4.98 Å². The van der Waals surface area contributed by atoms with E-state index in [1.165, 1.54) is 71.6 Å². The standard InChI is InChI=1S/C61H37N5/c1-3-14-40(15-4-1)59-62-60(41-16-5-2-6-17-41)64-61(63-59)66-54-25-12-10-21-47(54)52-37-43(31-34-57(52)66)39-28-26-38(27-29-39)42-30-33-56-51(36-42)46-20-9-11-24-53(46)65(56)55-35-32-49-45-19-8-7-18-44(45)48-22-13-23-50(55)58(48)49/h1-37H. The molecular formula is C61H37N5. The van der Waals surface area contributed by atoms with Gasteiger partial charge in [0.15, 0.2) is 11.6 Å². The highest BCUT2D eigenvalue weighted by Gasteiger charge is 2.24. The molecule has 66 heavy (non-hydrogen) atoms. The molecule has 1 aliphatic carbocycles. The minimum absolute atomic E-state index is 0.585. The van der Waals surface area contributed by atoms with Gasteiger partial charge in [0.1, 0.15) is 0 Å². The van der Waals surface area contributed by atoms with Crippen molar-refractivity contribution < 1.29 is 0 Å². The Balaban J connectivity index is 0.851. The van der Waals surface area contributed by atoms with Crippen molar-refractivity contribution in [3.8, 4) is 78.9 Å². The smallest absolute Gasteiger partial charge is 0.238 e. The van der Waals surface area contributed by atoms with E-state index in [1.807, 2.05) is 60.7 Å². The zero-order chi connectivity index (χ0) is 43.3. The molecule has 5 heteroatoms. The Labute approximate surface area is 380 Å². The van der Waals surface area contributed by atoms with Crippen LogP contribution in [0.4, 0.5) is 0 Å². The second-order valence-electron chi connectivity index (χ2n) is 17.2. The summed E-state index contributed by atoms with van der Waals surface area (Å²) < 4.78 is 4.64. The first-order valence-electron chi connectivity index (χ1n) is 22.4. The maximum atomic E-state index is 5.11. The number of rotatable bonds is 6. The molecule has 0 fully saturated rings. The molecule has 0 saturated heterocycles. The normalized spacial score (nSPS) is 11.9. The second-order valence-corrected chi connectivity index (χ2v) is 17.2. The Hall–Kier alpha value is -8.93. The molecule has 3 aromatic heterocycles. The summed E-state index contributed by atoms with van der Waals surface area (Å²) in [5, 5.41) is 7.37. The summed E-state index contributed by atoms with van der Waals surface area (Å²) in [5.41, 5.74) is 17.5. The van der Waals surface area contributed by atoms with Gasteiger partial charge in [-0.3, -0.25) is 4.57 Å². The second kappa shape index (κ2) is 14.3. The zero-order valence-electron chi connectivity index (χ0n) is 35.6. The van der Waals surface area contributed by atoms with Gasteiger partial charge in [-0.1, -0.05) is 182 Å². The van der Waals surface area contributed by atoms with Crippen molar-refractivity contribution in [2.24, 2.45) is 0 Å². The molecule has 3 heterocycles. The van der Waals surface area contributed by atoms with E-state index in [9.17, 15) is 0 Å². The van der Waals surface area contributed by atoms with Crippen LogP contribution >= 0.6 is 0 Å². The molecule has 306 valence electrons. The number of hydrogen-bond acceptors (Lipinski definition) is 3. The average molecular weight is 840 g/mol. The molecular weight excluding hydrogens is 803 g/mol. The van der Waals surface area contributed by atoms with Crippen molar-refractivity contribution in [2.45, 2.75) is 0 Å². The number of benzene rings is 10. The molecule has 0 aliphatic heterocycles. The number of para-hydroxylation sites is 2. The first-order chi connectivity index (χ1) is 32.7. The molecule has 13 aromatic rings. The van der Waals surface area contributed by atoms with Crippen LogP contribution in [0.25, 0.3) is 133 Å². The highest BCUT2D eigenvalue weighted by molar-refractivity contribution is 6.19. The monoisotopic (exact) mass is 839 g/mol. The van der Waals surface area contributed by atoms with E-state index in [1.54, 1.807) is 0 Å². The molecule has 0 saturated carbocycles. The van der Waals surface area contributed by atoms with Gasteiger partial charge in [0.2, 0.25) is 5.95 Å². The Morgan fingerprint density at radius 3 is 1.29 bits per heavy atom. The summed E-state index contributed by atoms with van der Waals surface area (Å²) in [7, 11) is 0. The van der Waals surface area contributed by atoms with Crippen LogP contribution in [0, 0.1) is 0 Å². The third-order valence-electron chi connectivity index (χ3n) is 13.6. The van der Waals surface area contributed by atoms with Gasteiger partial charge in [-0.05, 0) is 92.4 Å². The quantitative estimate of drug-likeness (QED) is 0.168. The van der Waals surface area contributed by atoms with Crippen LogP contribution in [0.3, 0.4) is 0 Å². The van der Waals surface area contributed by atoms with E-state index in [-0.39, 0.29) is 0 Å². The third-order valence-corrected chi connectivity index (χ3v) is 13.6. The lowest BCUT2D eigenvalue weighted by molar-refractivity contribution is 0.953. The summed E-state index contributed by atoms with van der Waals surface area (Å²) in [6.07, 6.45) is 0. The van der Waals surface area contributed by atoms with Crippen LogP contribution in [0.1, 0.15) is 0 Å². The topological polar surface area (TPSA) is 48.5 Å². The largest absolute Gasteiger partial charge is 0.309 e. The van der Waals surface area contributed by atoms with Gasteiger partial charge in [-0.2, -0.15) is 9.97 Å². The van der Waals surface area contributed by atoms with Crippen LogP contribution in [0.2, 0.25) is 0 Å². The highest BCUT2D eigenvalue weighted by atomic mass is 15.2. The Morgan fingerprint density at radius 1 is 0.258 bits per heavy atom. The third kappa shape index (κ3) is 5.50. The molecule has 10 aromatic carbocycles. The van der Waals surface area contributed by atoms with E-state index >= 15 is 0 Å². The minimum Gasteiger partial charge on any atom is -0.309 e. The van der Waals surface area contributed by atoms with Gasteiger partial charge in [0.25, 0.3) is 0 Å². The molecule has 0 atom stereocenters. The van der Waals surface area contributed by atoms with Gasteiger partial charge in [0, 0.05) is 38.1 Å². The zero-order valence-corrected chi connectivity index (χ0v) is 35.6. The van der Waals surface area contributed by atoms with E-state index < -0.39 is 0 Å². The number of nitrogens with zero attached hydrogens (tertiary/aromatic N) is 5. The predicted octanol–water partition coefficient (Wildman–Crippen LogP) is 15.5. The van der Waals surface area contributed by atoms with E-state index in [0.29, 0.717) is 17.6 Å². The van der Waals surface area contributed by atoms with Crippen LogP contribution in [0.5, 0.6) is 0 Å². The van der Waals surface area contributed by atoms with Crippen LogP contribution in [0.15, 0.2) is 224 Å². The predicted molar refractivity (Wildman–Crippen MR) is 272 cm³/mol. The van der Waals surface area contributed by atoms with E-state index in [4.69, 9.17) is 15.0 Å². The lowest BCUT2D eigenvalue weighted by Gasteiger charge is -2.13. The molecule has 14 rings (SSSR count). The molecule has 0 bridgehead atoms. The molecule has 0 amide bonds. The lowest BCUT2D eigenvalue weighted by atomic mass is 9.98. The summed E-state index contributed by atoms with van der Waals surface area (Å²) in [6, 6.07) is 80.5. The van der Waals surface area contributed by atoms with Gasteiger partial charge < -0.3 is 4.57 Å². The fraction of sp³-hybridized carbons (Fsp3) is 0. The number of fused-ring (bicyclic) bond motifs is 9. The van der Waals surface area contributed by atoms with E-state index in [0.717, 1.165) is 44.1 Å². The van der Waals surface area contributed by atoms with Crippen molar-refractivity contribution in [3.05, 3.63) is 224 Å². The average Bonchev–Trinajstić information content (AvgIpc) is 4.03. The Kier molecular flexibility index (Phi) is 7.91. The van der Waals surface area contributed by atoms with Crippen LogP contribution in [-0.2, 0) is 0 Å². The van der Waals surface area contributed by atoms with Crippen molar-refractivity contribution >= 4 is 54.4 Å². The maximum Gasteiger partial charge on any atom is 0.238 e. The summed E-state index contributed by atoms with van der Waals surface area (Å²) in [5.74, 6) is 1.86. The summed E-state index contributed by atoms with van der Waals surface area (Å²) >= 11 is 0. The van der Waals surface area contributed by atoms with E-state index in [2.05, 4.69) is 173 Å². The molecule has 0 spiro atoms. The fourth-order valence-electron chi connectivity index (χ4n) is 10.5. The molecule has 0 unspecified atom stereocenters. The first kappa shape index (κ1) is 36.5. The highest BCUT2D eigenvalue weighted by Crippen LogP contribution is 2.49. The molecule has 5 nitrogen and oxygen atoms in total. The fourth-order valence-corrected chi connectivity index (χ4v) is 10.5. The molecule has 0 N–H and O–H groups in total. The summed E-state index contributed by atoms with van der Waals surface area (Å²) in [6.45, 7) is 0. The Bertz CT molecular complexity index is 4000. The first-order valence-corrected chi connectivity index (χ1v) is 22.4. The van der Waals surface area contributed by atoms with Crippen molar-refractivity contribution in [2.75, 3.05) is 0 Å². The minimum atomic E-state index is 0.585. The van der Waals surface area contributed by atoms with Crippen LogP contribution < -0.4 is 0 Å². The molecule has 1 aliphatic rings. The van der Waals surface area contributed by atoms with Gasteiger partial charge in [0.05, 0.1) is 27.8 Å². The van der Waals surface area contributed by atoms with Gasteiger partial charge in [-0.15, -0.1) is 0 Å². The SMILES string of the molecule is c1ccc(-c2nc(-c3ccccc3)nc(-n3c4ccccc4c4cc(-c5ccc(-c6ccc7c(c6)c6ccccc6n7-c6ccc7c8c(cccc68)-c6ccccc6-7)cc5)ccc43)n2)cc1.